The molecule has 0 heterocycles. The minimum Gasteiger partial charge on any atom is -0.353 e. The van der Waals surface area contributed by atoms with Gasteiger partial charge in [0.2, 0.25) is 5.91 Å². The number of nitrogens with one attached hydrogen (secondary N) is 2. The molecule has 5 aliphatic rings. The molecule has 2 unspecified atom stereocenters. The fourth-order valence-corrected chi connectivity index (χ4v) is 7.73. The lowest BCUT2D eigenvalue weighted by Crippen LogP contribution is -2.50. The first kappa shape index (κ1) is 17.5. The fourth-order valence-electron chi connectivity index (χ4n) is 7.73. The van der Waals surface area contributed by atoms with Gasteiger partial charge in [-0.15, -0.1) is 0 Å². The van der Waals surface area contributed by atoms with Crippen molar-refractivity contribution in [1.29, 1.82) is 5.41 Å². The number of benzene rings is 1. The van der Waals surface area contributed by atoms with Crippen molar-refractivity contribution in [2.45, 2.75) is 82.6 Å². The average Bonchev–Trinajstić information content (AvgIpc) is 3.04. The Labute approximate surface area is 162 Å². The fraction of sp³-hybridized carbons (Fsp3) is 0.667. The van der Waals surface area contributed by atoms with Gasteiger partial charge in [0.15, 0.2) is 0 Å². The van der Waals surface area contributed by atoms with Crippen LogP contribution in [-0.2, 0) is 10.2 Å². The number of hydrogen-bond acceptors (Lipinski definition) is 2. The summed E-state index contributed by atoms with van der Waals surface area (Å²) in [6.07, 6.45) is 10.6. The highest BCUT2D eigenvalue weighted by atomic mass is 16.2. The molecule has 5 fully saturated rings. The maximum absolute atomic E-state index is 13.7. The number of carbonyl (C=O) groups is 1. The standard InChI is InChI=1S/C24H32N2O/c1-2-23-13-17-12-22(15-23,18-6-4-3-5-7-18)16-24(23,14-17)21(27)26-20-10-8-19(25)9-11-20/h3-7,17,20,25H,2,8-16H2,1H3,(H,26,27)/t17?,20?,22-,23-,24?/m1/s1. The highest BCUT2D eigenvalue weighted by molar-refractivity contribution is 5.86. The first-order chi connectivity index (χ1) is 13.0. The van der Waals surface area contributed by atoms with Crippen LogP contribution >= 0.6 is 0 Å². The minimum atomic E-state index is -0.161. The minimum absolute atomic E-state index is 0.161. The van der Waals surface area contributed by atoms with Crippen molar-refractivity contribution >= 4 is 11.6 Å². The molecule has 5 aliphatic carbocycles. The van der Waals surface area contributed by atoms with Crippen LogP contribution in [0.4, 0.5) is 0 Å². The molecular weight excluding hydrogens is 332 g/mol. The first-order valence-corrected chi connectivity index (χ1v) is 10.9. The molecule has 5 saturated carbocycles. The summed E-state index contributed by atoms with van der Waals surface area (Å²) in [6, 6.07) is 11.3. The van der Waals surface area contributed by atoms with E-state index < -0.39 is 0 Å². The molecule has 0 aromatic heterocycles. The molecule has 3 heteroatoms. The van der Waals surface area contributed by atoms with Crippen molar-refractivity contribution in [2.24, 2.45) is 16.7 Å². The highest BCUT2D eigenvalue weighted by Crippen LogP contribution is 2.77. The van der Waals surface area contributed by atoms with E-state index in [4.69, 9.17) is 5.41 Å². The van der Waals surface area contributed by atoms with Gasteiger partial charge in [0.05, 0.1) is 5.41 Å². The SMILES string of the molecule is CC[C@]12CC3CC1(C(=O)NC1CCC(=N)CC1)C[C@@](c1ccccc1)(C3)C2. The molecule has 1 aromatic rings. The summed E-state index contributed by atoms with van der Waals surface area (Å²) < 4.78 is 0. The third-order valence-electron chi connectivity index (χ3n) is 8.75. The van der Waals surface area contributed by atoms with Crippen molar-refractivity contribution in [3.63, 3.8) is 0 Å². The third kappa shape index (κ3) is 2.39. The van der Waals surface area contributed by atoms with E-state index in [0.29, 0.717) is 11.8 Å². The van der Waals surface area contributed by atoms with Crippen molar-refractivity contribution in [1.82, 2.24) is 5.32 Å². The number of carbonyl (C=O) groups excluding carboxylic acids is 1. The van der Waals surface area contributed by atoms with Crippen LogP contribution in [0.2, 0.25) is 0 Å². The van der Waals surface area contributed by atoms with E-state index >= 15 is 0 Å². The molecular formula is C24H32N2O. The second-order valence-corrected chi connectivity index (χ2v) is 10.0. The maximum Gasteiger partial charge on any atom is 0.227 e. The molecule has 1 amide bonds. The van der Waals surface area contributed by atoms with Crippen LogP contribution in [0.25, 0.3) is 0 Å². The predicted octanol–water partition coefficient (Wildman–Crippen LogP) is 4.99. The van der Waals surface area contributed by atoms with E-state index in [1.807, 2.05) is 0 Å². The van der Waals surface area contributed by atoms with Crippen molar-refractivity contribution < 1.29 is 4.79 Å². The van der Waals surface area contributed by atoms with Crippen molar-refractivity contribution in [3.05, 3.63) is 35.9 Å². The van der Waals surface area contributed by atoms with Gasteiger partial charge < -0.3 is 10.7 Å². The Morgan fingerprint density at radius 3 is 2.56 bits per heavy atom. The molecule has 3 nitrogen and oxygen atoms in total. The van der Waals surface area contributed by atoms with E-state index in [1.165, 1.54) is 24.8 Å². The van der Waals surface area contributed by atoms with E-state index in [-0.39, 0.29) is 22.3 Å². The van der Waals surface area contributed by atoms with Crippen LogP contribution in [-0.4, -0.2) is 17.7 Å². The molecule has 6 rings (SSSR count). The Bertz CT molecular complexity index is 764. The summed E-state index contributed by atoms with van der Waals surface area (Å²) >= 11 is 0. The van der Waals surface area contributed by atoms with E-state index in [0.717, 1.165) is 50.7 Å². The monoisotopic (exact) mass is 364 g/mol. The zero-order valence-electron chi connectivity index (χ0n) is 16.5. The van der Waals surface area contributed by atoms with Gasteiger partial charge >= 0.3 is 0 Å². The topological polar surface area (TPSA) is 53.0 Å². The molecule has 0 aliphatic heterocycles. The van der Waals surface area contributed by atoms with Crippen molar-refractivity contribution in [3.8, 4) is 0 Å². The van der Waals surface area contributed by atoms with Gasteiger partial charge in [-0.3, -0.25) is 4.79 Å². The summed E-state index contributed by atoms with van der Waals surface area (Å²) in [5.41, 5.74) is 2.56. The van der Waals surface area contributed by atoms with E-state index in [9.17, 15) is 4.79 Å². The largest absolute Gasteiger partial charge is 0.353 e. The molecule has 0 spiro atoms. The second kappa shape index (κ2) is 5.93. The second-order valence-electron chi connectivity index (χ2n) is 10.0. The van der Waals surface area contributed by atoms with Gasteiger partial charge in [-0.25, -0.2) is 0 Å². The molecule has 144 valence electrons. The van der Waals surface area contributed by atoms with Crippen LogP contribution in [0.5, 0.6) is 0 Å². The zero-order chi connectivity index (χ0) is 18.7. The number of amides is 1. The summed E-state index contributed by atoms with van der Waals surface area (Å²) in [7, 11) is 0. The smallest absolute Gasteiger partial charge is 0.227 e. The van der Waals surface area contributed by atoms with Crippen LogP contribution in [0.1, 0.15) is 76.7 Å². The van der Waals surface area contributed by atoms with Gasteiger partial charge in [0.1, 0.15) is 0 Å². The Kier molecular flexibility index (Phi) is 3.83. The van der Waals surface area contributed by atoms with Crippen LogP contribution in [0.15, 0.2) is 30.3 Å². The predicted molar refractivity (Wildman–Crippen MR) is 108 cm³/mol. The normalized spacial score (nSPS) is 42.5. The molecule has 0 saturated heterocycles. The van der Waals surface area contributed by atoms with Crippen molar-refractivity contribution in [2.75, 3.05) is 0 Å². The summed E-state index contributed by atoms with van der Waals surface area (Å²) in [4.78, 5) is 13.7. The van der Waals surface area contributed by atoms with E-state index in [2.05, 4.69) is 42.6 Å². The Morgan fingerprint density at radius 2 is 1.85 bits per heavy atom. The van der Waals surface area contributed by atoms with Gasteiger partial charge in [-0.05, 0) is 86.5 Å². The average molecular weight is 365 g/mol. The lowest BCUT2D eigenvalue weighted by molar-refractivity contribution is -0.137. The number of hydrogen-bond donors (Lipinski definition) is 2. The lowest BCUT2D eigenvalue weighted by Gasteiger charge is -2.41. The Morgan fingerprint density at radius 1 is 1.11 bits per heavy atom. The summed E-state index contributed by atoms with van der Waals surface area (Å²) in [5.74, 6) is 1.06. The van der Waals surface area contributed by atoms with E-state index in [1.54, 1.807) is 0 Å². The first-order valence-electron chi connectivity index (χ1n) is 10.9. The van der Waals surface area contributed by atoms with Gasteiger partial charge in [0, 0.05) is 11.8 Å². The molecule has 27 heavy (non-hydrogen) atoms. The Balaban J connectivity index is 1.46. The zero-order valence-corrected chi connectivity index (χ0v) is 16.5. The summed E-state index contributed by atoms with van der Waals surface area (Å²) in [6.45, 7) is 2.32. The number of rotatable bonds is 4. The Hall–Kier alpha value is -1.64. The molecule has 1 aromatic carbocycles. The third-order valence-corrected chi connectivity index (χ3v) is 8.75. The quantitative estimate of drug-likeness (QED) is 0.777. The summed E-state index contributed by atoms with van der Waals surface area (Å²) in [5, 5.41) is 11.3. The van der Waals surface area contributed by atoms with Crippen LogP contribution in [0, 0.1) is 22.2 Å². The van der Waals surface area contributed by atoms with Gasteiger partial charge in [-0.1, -0.05) is 37.3 Å². The molecule has 4 bridgehead atoms. The van der Waals surface area contributed by atoms with Crippen LogP contribution < -0.4 is 5.32 Å². The molecule has 4 atom stereocenters. The lowest BCUT2D eigenvalue weighted by atomic mass is 9.63. The maximum atomic E-state index is 13.7. The molecule has 0 radical (unpaired) electrons. The van der Waals surface area contributed by atoms with Crippen LogP contribution in [0.3, 0.4) is 0 Å². The molecule has 2 N–H and O–H groups in total. The highest BCUT2D eigenvalue weighted by Gasteiger charge is 2.73. The van der Waals surface area contributed by atoms with Gasteiger partial charge in [-0.2, -0.15) is 0 Å². The van der Waals surface area contributed by atoms with Gasteiger partial charge in [0.25, 0.3) is 0 Å².